The molecule has 0 bridgehead atoms. The smallest absolute Gasteiger partial charge is 0.196 e. The Kier molecular flexibility index (Phi) is 4.25. The van der Waals surface area contributed by atoms with Gasteiger partial charge in [0.05, 0.1) is 12.1 Å². The molecule has 2 N–H and O–H groups in total. The summed E-state index contributed by atoms with van der Waals surface area (Å²) in [6.07, 6.45) is 7.62. The van der Waals surface area contributed by atoms with E-state index in [1.807, 2.05) is 0 Å². The highest BCUT2D eigenvalue weighted by atomic mass is 79.9. The van der Waals surface area contributed by atoms with E-state index in [4.69, 9.17) is 5.73 Å². The van der Waals surface area contributed by atoms with Crippen LogP contribution in [0, 0.1) is 5.92 Å². The quantitative estimate of drug-likeness (QED) is 0.863. The fourth-order valence-electron chi connectivity index (χ4n) is 3.89. The maximum Gasteiger partial charge on any atom is 0.196 e. The third-order valence-corrected chi connectivity index (χ3v) is 5.65. The van der Waals surface area contributed by atoms with Gasteiger partial charge in [0.2, 0.25) is 0 Å². The normalized spacial score (nSPS) is 29.5. The highest BCUT2D eigenvalue weighted by Crippen LogP contribution is 2.41. The second kappa shape index (κ2) is 5.99. The monoisotopic (exact) mass is 349 g/mol. The summed E-state index contributed by atoms with van der Waals surface area (Å²) in [6.45, 7) is 3.16. The SMILES string of the molecule is CCC1CCCC2(CC1)CN=C(N)N2c1cccc(Br)c1. The number of guanidine groups is 1. The number of anilines is 1. The first-order chi connectivity index (χ1) is 10.1. The van der Waals surface area contributed by atoms with E-state index in [0.717, 1.165) is 22.6 Å². The Balaban J connectivity index is 1.91. The summed E-state index contributed by atoms with van der Waals surface area (Å²) < 4.78 is 1.09. The number of nitrogens with zero attached hydrogens (tertiary/aromatic N) is 2. The Morgan fingerprint density at radius 3 is 3.00 bits per heavy atom. The maximum absolute atomic E-state index is 6.25. The van der Waals surface area contributed by atoms with Gasteiger partial charge in [-0.15, -0.1) is 0 Å². The number of nitrogens with two attached hydrogens (primary N) is 1. The van der Waals surface area contributed by atoms with Crippen molar-refractivity contribution in [3.63, 3.8) is 0 Å². The van der Waals surface area contributed by atoms with Crippen LogP contribution >= 0.6 is 15.9 Å². The Bertz CT molecular complexity index is 543. The van der Waals surface area contributed by atoms with Crippen molar-refractivity contribution in [3.05, 3.63) is 28.7 Å². The average Bonchev–Trinajstić information content (AvgIpc) is 2.67. The van der Waals surface area contributed by atoms with Gasteiger partial charge in [0, 0.05) is 10.2 Å². The summed E-state index contributed by atoms with van der Waals surface area (Å²) in [6, 6.07) is 8.42. The predicted octanol–water partition coefficient (Wildman–Crippen LogP) is 4.31. The van der Waals surface area contributed by atoms with Crippen LogP contribution in [0.4, 0.5) is 5.69 Å². The zero-order valence-corrected chi connectivity index (χ0v) is 14.3. The summed E-state index contributed by atoms with van der Waals surface area (Å²) in [7, 11) is 0. The minimum Gasteiger partial charge on any atom is -0.369 e. The van der Waals surface area contributed by atoms with Crippen molar-refractivity contribution >= 4 is 27.6 Å². The molecule has 2 atom stereocenters. The molecule has 1 fully saturated rings. The van der Waals surface area contributed by atoms with Crippen molar-refractivity contribution in [1.82, 2.24) is 0 Å². The largest absolute Gasteiger partial charge is 0.369 e. The predicted molar refractivity (Wildman–Crippen MR) is 92.7 cm³/mol. The minimum atomic E-state index is 0.106. The van der Waals surface area contributed by atoms with Gasteiger partial charge in [-0.3, -0.25) is 4.99 Å². The van der Waals surface area contributed by atoms with Crippen LogP contribution in [0.3, 0.4) is 0 Å². The van der Waals surface area contributed by atoms with E-state index in [2.05, 4.69) is 57.0 Å². The molecular weight excluding hydrogens is 326 g/mol. The van der Waals surface area contributed by atoms with E-state index in [1.165, 1.54) is 38.5 Å². The maximum atomic E-state index is 6.25. The van der Waals surface area contributed by atoms with Crippen LogP contribution < -0.4 is 10.6 Å². The lowest BCUT2D eigenvalue weighted by Crippen LogP contribution is -2.51. The molecule has 114 valence electrons. The molecule has 0 saturated heterocycles. The van der Waals surface area contributed by atoms with E-state index in [0.29, 0.717) is 5.96 Å². The summed E-state index contributed by atoms with van der Waals surface area (Å²) in [5, 5.41) is 0. The second-order valence-electron chi connectivity index (χ2n) is 6.42. The van der Waals surface area contributed by atoms with Crippen molar-refractivity contribution in [2.75, 3.05) is 11.4 Å². The molecule has 4 heteroatoms. The highest BCUT2D eigenvalue weighted by Gasteiger charge is 2.43. The molecule has 0 aromatic heterocycles. The van der Waals surface area contributed by atoms with Crippen molar-refractivity contribution in [1.29, 1.82) is 0 Å². The summed E-state index contributed by atoms with van der Waals surface area (Å²) in [5.41, 5.74) is 7.52. The average molecular weight is 350 g/mol. The highest BCUT2D eigenvalue weighted by molar-refractivity contribution is 9.10. The van der Waals surface area contributed by atoms with Crippen molar-refractivity contribution in [2.24, 2.45) is 16.6 Å². The summed E-state index contributed by atoms with van der Waals surface area (Å²) in [5.74, 6) is 1.55. The number of aliphatic imine (C=N–C) groups is 1. The van der Waals surface area contributed by atoms with Crippen molar-refractivity contribution in [3.8, 4) is 0 Å². The fraction of sp³-hybridized carbons (Fsp3) is 0.588. The summed E-state index contributed by atoms with van der Waals surface area (Å²) in [4.78, 5) is 6.90. The van der Waals surface area contributed by atoms with Gasteiger partial charge in [0.15, 0.2) is 5.96 Å². The molecule has 1 heterocycles. The van der Waals surface area contributed by atoms with E-state index in [9.17, 15) is 0 Å². The van der Waals surface area contributed by atoms with E-state index in [-0.39, 0.29) is 5.54 Å². The lowest BCUT2D eigenvalue weighted by atomic mass is 9.88. The number of hydrogen-bond donors (Lipinski definition) is 1. The molecule has 1 saturated carbocycles. The first kappa shape index (κ1) is 14.9. The van der Waals surface area contributed by atoms with Crippen LogP contribution in [0.1, 0.15) is 45.4 Å². The minimum absolute atomic E-state index is 0.106. The molecule has 0 radical (unpaired) electrons. The fourth-order valence-corrected chi connectivity index (χ4v) is 4.27. The van der Waals surface area contributed by atoms with Gasteiger partial charge in [0.25, 0.3) is 0 Å². The number of hydrogen-bond acceptors (Lipinski definition) is 3. The Morgan fingerprint density at radius 2 is 2.24 bits per heavy atom. The molecule has 1 aliphatic heterocycles. The third kappa shape index (κ3) is 2.83. The van der Waals surface area contributed by atoms with Gasteiger partial charge in [-0.2, -0.15) is 0 Å². The topological polar surface area (TPSA) is 41.6 Å². The van der Waals surface area contributed by atoms with Crippen LogP contribution in [0.2, 0.25) is 0 Å². The molecule has 21 heavy (non-hydrogen) atoms. The molecule has 2 aliphatic rings. The number of halogens is 1. The van der Waals surface area contributed by atoms with Crippen LogP contribution in [-0.4, -0.2) is 18.0 Å². The third-order valence-electron chi connectivity index (χ3n) is 5.16. The molecular formula is C17H24BrN3. The van der Waals surface area contributed by atoms with Gasteiger partial charge < -0.3 is 10.6 Å². The van der Waals surface area contributed by atoms with Gasteiger partial charge in [-0.25, -0.2) is 0 Å². The van der Waals surface area contributed by atoms with Crippen LogP contribution in [0.25, 0.3) is 0 Å². The Hall–Kier alpha value is -1.03. The number of rotatable bonds is 2. The van der Waals surface area contributed by atoms with Gasteiger partial charge in [-0.05, 0) is 43.4 Å². The van der Waals surface area contributed by atoms with Gasteiger partial charge in [0.1, 0.15) is 0 Å². The lowest BCUT2D eigenvalue weighted by molar-refractivity contribution is 0.384. The van der Waals surface area contributed by atoms with E-state index >= 15 is 0 Å². The molecule has 1 aromatic carbocycles. The van der Waals surface area contributed by atoms with Crippen LogP contribution in [0.15, 0.2) is 33.7 Å². The van der Waals surface area contributed by atoms with Gasteiger partial charge in [-0.1, -0.05) is 48.2 Å². The first-order valence-electron chi connectivity index (χ1n) is 8.00. The second-order valence-corrected chi connectivity index (χ2v) is 7.33. The van der Waals surface area contributed by atoms with Crippen LogP contribution in [-0.2, 0) is 0 Å². The standard InChI is InChI=1S/C17H24BrN3/c1-2-13-5-4-9-17(10-8-13)12-20-16(19)21(17)15-7-3-6-14(18)11-15/h3,6-7,11,13H,2,4-5,8-10,12H2,1H3,(H2,19,20). The zero-order chi connectivity index (χ0) is 14.9. The molecule has 3 nitrogen and oxygen atoms in total. The Labute approximate surface area is 135 Å². The molecule has 1 aliphatic carbocycles. The van der Waals surface area contributed by atoms with Crippen molar-refractivity contribution < 1.29 is 0 Å². The molecule has 3 rings (SSSR count). The zero-order valence-electron chi connectivity index (χ0n) is 12.7. The van der Waals surface area contributed by atoms with Crippen LogP contribution in [0.5, 0.6) is 0 Å². The van der Waals surface area contributed by atoms with E-state index in [1.54, 1.807) is 0 Å². The van der Waals surface area contributed by atoms with Crippen molar-refractivity contribution in [2.45, 2.75) is 51.0 Å². The molecule has 2 unspecified atom stereocenters. The molecule has 1 aromatic rings. The van der Waals surface area contributed by atoms with E-state index < -0.39 is 0 Å². The lowest BCUT2D eigenvalue weighted by Gasteiger charge is -2.39. The first-order valence-corrected chi connectivity index (χ1v) is 8.80. The molecule has 1 spiro atoms. The number of benzene rings is 1. The molecule has 0 amide bonds. The Morgan fingerprint density at radius 1 is 1.38 bits per heavy atom. The summed E-state index contributed by atoms with van der Waals surface area (Å²) >= 11 is 3.57. The van der Waals surface area contributed by atoms with Gasteiger partial charge >= 0.3 is 0 Å².